The maximum absolute atomic E-state index is 12.6. The maximum Gasteiger partial charge on any atom is 0.214 e. The number of nitrogens with zero attached hydrogens (tertiary/aromatic N) is 3. The molecule has 1 aliphatic rings. The van der Waals surface area contributed by atoms with Gasteiger partial charge in [-0.2, -0.15) is 5.10 Å². The third-order valence-electron chi connectivity index (χ3n) is 3.73. The van der Waals surface area contributed by atoms with Crippen LogP contribution >= 0.6 is 11.6 Å². The predicted octanol–water partition coefficient (Wildman–Crippen LogP) is 1.85. The molecule has 1 heterocycles. The number of hydrogen-bond donors (Lipinski definition) is 0. The summed E-state index contributed by atoms with van der Waals surface area (Å²) in [6.45, 7) is 1.44. The van der Waals surface area contributed by atoms with E-state index >= 15 is 0 Å². The van der Waals surface area contributed by atoms with Crippen LogP contribution in [0.15, 0.2) is 6.20 Å². The van der Waals surface area contributed by atoms with Crippen molar-refractivity contribution in [2.45, 2.75) is 31.4 Å². The Morgan fingerprint density at radius 3 is 2.74 bits per heavy atom. The summed E-state index contributed by atoms with van der Waals surface area (Å²) in [4.78, 5) is 14.7. The zero-order valence-corrected chi connectivity index (χ0v) is 12.4. The van der Waals surface area contributed by atoms with Gasteiger partial charge >= 0.3 is 0 Å². The molecule has 0 aliphatic heterocycles. The van der Waals surface area contributed by atoms with Gasteiger partial charge in [-0.1, -0.05) is 11.6 Å². The summed E-state index contributed by atoms with van der Waals surface area (Å²) in [5.41, 5.74) is -0.204. The zero-order chi connectivity index (χ0) is 14.0. The number of carbonyl (C=O) groups is 1. The number of aromatic nitrogens is 2. The van der Waals surface area contributed by atoms with Gasteiger partial charge in [0, 0.05) is 13.7 Å². The van der Waals surface area contributed by atoms with Crippen molar-refractivity contribution in [1.82, 2.24) is 14.7 Å². The first-order valence-corrected chi connectivity index (χ1v) is 6.84. The van der Waals surface area contributed by atoms with Gasteiger partial charge in [0.15, 0.2) is 0 Å². The molecular formula is C13H20ClN3O2. The molecule has 2 rings (SSSR count). The summed E-state index contributed by atoms with van der Waals surface area (Å²) in [6.07, 6.45) is 4.07. The van der Waals surface area contributed by atoms with E-state index in [-0.39, 0.29) is 5.78 Å². The largest absolute Gasteiger partial charge is 0.370 e. The lowest BCUT2D eigenvalue weighted by Crippen LogP contribution is -2.48. The molecule has 1 aromatic rings. The Labute approximate surface area is 118 Å². The number of ketones is 1. The Morgan fingerprint density at radius 1 is 1.58 bits per heavy atom. The van der Waals surface area contributed by atoms with E-state index in [0.29, 0.717) is 17.3 Å². The molecule has 1 fully saturated rings. The number of ether oxygens (including phenoxy) is 1. The Morgan fingerprint density at radius 2 is 2.26 bits per heavy atom. The monoisotopic (exact) mass is 285 g/mol. The Kier molecular flexibility index (Phi) is 4.28. The highest BCUT2D eigenvalue weighted by atomic mass is 35.5. The third-order valence-corrected chi connectivity index (χ3v) is 4.01. The molecule has 0 atom stereocenters. The molecular weight excluding hydrogens is 266 g/mol. The lowest BCUT2D eigenvalue weighted by molar-refractivity contribution is -0.0454. The lowest BCUT2D eigenvalue weighted by atomic mass is 9.76. The average molecular weight is 286 g/mol. The summed E-state index contributed by atoms with van der Waals surface area (Å²) in [5, 5.41) is 4.61. The predicted molar refractivity (Wildman–Crippen MR) is 73.7 cm³/mol. The molecule has 0 radical (unpaired) electrons. The van der Waals surface area contributed by atoms with Crippen molar-refractivity contribution in [3.05, 3.63) is 16.9 Å². The fourth-order valence-corrected chi connectivity index (χ4v) is 2.52. The van der Waals surface area contributed by atoms with Crippen LogP contribution in [0.3, 0.4) is 0 Å². The van der Waals surface area contributed by atoms with Crippen molar-refractivity contribution in [2.75, 3.05) is 27.7 Å². The van der Waals surface area contributed by atoms with Gasteiger partial charge in [-0.25, -0.2) is 0 Å². The van der Waals surface area contributed by atoms with Gasteiger partial charge in [-0.05, 0) is 33.4 Å². The molecule has 0 saturated heterocycles. The highest BCUT2D eigenvalue weighted by molar-refractivity contribution is 6.34. The standard InChI is InChI=1S/C13H20ClN3O2/c1-16(2)7-8-17-11(10(14)9-15-17)12(18)13(19-3)5-4-6-13/h9H,4-8H2,1-3H3. The summed E-state index contributed by atoms with van der Waals surface area (Å²) >= 11 is 6.13. The number of methoxy groups -OCH3 is 1. The Bertz CT molecular complexity index is 461. The van der Waals surface area contributed by atoms with E-state index in [2.05, 4.69) is 5.10 Å². The Balaban J connectivity index is 2.23. The fourth-order valence-electron chi connectivity index (χ4n) is 2.29. The molecule has 0 unspecified atom stereocenters. The van der Waals surface area contributed by atoms with Gasteiger partial charge in [0.2, 0.25) is 5.78 Å². The van der Waals surface area contributed by atoms with Crippen LogP contribution in [0.2, 0.25) is 5.02 Å². The molecule has 1 aliphatic carbocycles. The summed E-state index contributed by atoms with van der Waals surface area (Å²) in [5.74, 6) is -0.0393. The quantitative estimate of drug-likeness (QED) is 0.749. The first kappa shape index (κ1) is 14.5. The second kappa shape index (κ2) is 5.61. The van der Waals surface area contributed by atoms with Crippen LogP contribution in [0.25, 0.3) is 0 Å². The third kappa shape index (κ3) is 2.68. The van der Waals surface area contributed by atoms with Gasteiger partial charge in [0.05, 0.1) is 17.8 Å². The Hall–Kier alpha value is -0.910. The maximum atomic E-state index is 12.6. The van der Waals surface area contributed by atoms with Crippen molar-refractivity contribution in [1.29, 1.82) is 0 Å². The number of hydrogen-bond acceptors (Lipinski definition) is 4. The normalized spacial score (nSPS) is 17.5. The van der Waals surface area contributed by atoms with Crippen molar-refractivity contribution in [2.24, 2.45) is 0 Å². The number of halogens is 1. The molecule has 1 aromatic heterocycles. The second-order valence-electron chi connectivity index (χ2n) is 5.25. The number of rotatable bonds is 6. The van der Waals surface area contributed by atoms with Gasteiger partial charge in [-0.15, -0.1) is 0 Å². The van der Waals surface area contributed by atoms with Gasteiger partial charge < -0.3 is 9.64 Å². The minimum Gasteiger partial charge on any atom is -0.370 e. The van der Waals surface area contributed by atoms with E-state index < -0.39 is 5.60 Å². The summed E-state index contributed by atoms with van der Waals surface area (Å²) in [7, 11) is 5.55. The van der Waals surface area contributed by atoms with E-state index in [4.69, 9.17) is 16.3 Å². The molecule has 0 amide bonds. The number of carbonyl (C=O) groups excluding carboxylic acids is 1. The van der Waals surface area contributed by atoms with E-state index in [1.165, 1.54) is 6.20 Å². The van der Waals surface area contributed by atoms with E-state index in [9.17, 15) is 4.79 Å². The molecule has 6 heteroatoms. The molecule has 0 aromatic carbocycles. The smallest absolute Gasteiger partial charge is 0.214 e. The first-order chi connectivity index (χ1) is 9.00. The molecule has 5 nitrogen and oxygen atoms in total. The first-order valence-electron chi connectivity index (χ1n) is 6.46. The van der Waals surface area contributed by atoms with Crippen LogP contribution in [0.5, 0.6) is 0 Å². The van der Waals surface area contributed by atoms with Crippen molar-refractivity contribution >= 4 is 17.4 Å². The highest BCUT2D eigenvalue weighted by Gasteiger charge is 2.46. The molecule has 0 bridgehead atoms. The molecule has 106 valence electrons. The lowest BCUT2D eigenvalue weighted by Gasteiger charge is -2.38. The van der Waals surface area contributed by atoms with Crippen molar-refractivity contribution < 1.29 is 9.53 Å². The number of Topliss-reactive ketones (excluding diaryl/α,β-unsaturated/α-hetero) is 1. The van der Waals surface area contributed by atoms with E-state index in [0.717, 1.165) is 25.8 Å². The van der Waals surface area contributed by atoms with Crippen LogP contribution < -0.4 is 0 Å². The fraction of sp³-hybridized carbons (Fsp3) is 0.692. The topological polar surface area (TPSA) is 47.4 Å². The van der Waals surface area contributed by atoms with E-state index in [1.54, 1.807) is 11.8 Å². The van der Waals surface area contributed by atoms with Crippen molar-refractivity contribution in [3.8, 4) is 0 Å². The zero-order valence-electron chi connectivity index (χ0n) is 11.6. The molecule has 0 N–H and O–H groups in total. The van der Waals surface area contributed by atoms with Crippen LogP contribution in [-0.4, -0.2) is 53.8 Å². The molecule has 19 heavy (non-hydrogen) atoms. The minimum atomic E-state index is -0.681. The van der Waals surface area contributed by atoms with Crippen LogP contribution in [0.4, 0.5) is 0 Å². The SMILES string of the molecule is COC1(C(=O)c2c(Cl)cnn2CCN(C)C)CCC1. The molecule has 0 spiro atoms. The van der Waals surface area contributed by atoms with Crippen LogP contribution in [-0.2, 0) is 11.3 Å². The summed E-state index contributed by atoms with van der Waals surface area (Å²) < 4.78 is 7.12. The second-order valence-corrected chi connectivity index (χ2v) is 5.66. The highest BCUT2D eigenvalue weighted by Crippen LogP contribution is 2.39. The van der Waals surface area contributed by atoms with Gasteiger partial charge in [-0.3, -0.25) is 9.48 Å². The van der Waals surface area contributed by atoms with Crippen molar-refractivity contribution in [3.63, 3.8) is 0 Å². The van der Waals surface area contributed by atoms with Crippen LogP contribution in [0, 0.1) is 0 Å². The summed E-state index contributed by atoms with van der Waals surface area (Å²) in [6, 6.07) is 0. The van der Waals surface area contributed by atoms with Gasteiger partial charge in [0.1, 0.15) is 11.3 Å². The van der Waals surface area contributed by atoms with E-state index in [1.807, 2.05) is 19.0 Å². The number of likely N-dealkylation sites (N-methyl/N-ethyl adjacent to an activating group) is 1. The average Bonchev–Trinajstić information content (AvgIpc) is 2.67. The minimum absolute atomic E-state index is 0.0393. The molecule has 1 saturated carbocycles. The van der Waals surface area contributed by atoms with Crippen LogP contribution in [0.1, 0.15) is 29.8 Å². The van der Waals surface area contributed by atoms with Gasteiger partial charge in [0.25, 0.3) is 0 Å².